The first kappa shape index (κ1) is 15.0. The van der Waals surface area contributed by atoms with Crippen LogP contribution < -0.4 is 5.32 Å². The number of carboxylic acids is 1. The molecule has 0 aliphatic carbocycles. The van der Waals surface area contributed by atoms with Gasteiger partial charge in [-0.25, -0.2) is 4.79 Å². The van der Waals surface area contributed by atoms with Crippen molar-refractivity contribution >= 4 is 11.9 Å². The Labute approximate surface area is 108 Å². The van der Waals surface area contributed by atoms with Crippen molar-refractivity contribution in [2.24, 2.45) is 0 Å². The van der Waals surface area contributed by atoms with Crippen LogP contribution in [-0.2, 0) is 14.3 Å². The van der Waals surface area contributed by atoms with Crippen molar-refractivity contribution in [3.05, 3.63) is 0 Å². The van der Waals surface area contributed by atoms with Crippen molar-refractivity contribution in [1.82, 2.24) is 5.32 Å². The average Bonchev–Trinajstić information content (AvgIpc) is 2.37. The Balaban J connectivity index is 2.24. The highest BCUT2D eigenvalue weighted by Gasteiger charge is 2.20. The molecule has 0 aromatic rings. The highest BCUT2D eigenvalue weighted by atomic mass is 16.5. The summed E-state index contributed by atoms with van der Waals surface area (Å²) in [5, 5.41) is 11.5. The van der Waals surface area contributed by atoms with Crippen LogP contribution in [-0.4, -0.2) is 35.7 Å². The van der Waals surface area contributed by atoms with E-state index < -0.39 is 12.0 Å². The van der Waals surface area contributed by atoms with E-state index >= 15 is 0 Å². The standard InChI is InChI=1S/C13H23NO4/c1-2-5-11(13(16)17)14-12(15)8-7-10-6-3-4-9-18-10/h10-11H,2-9H2,1H3,(H,14,15)(H,16,17). The summed E-state index contributed by atoms with van der Waals surface area (Å²) in [4.78, 5) is 22.5. The van der Waals surface area contributed by atoms with E-state index in [1.807, 2.05) is 6.92 Å². The summed E-state index contributed by atoms with van der Waals surface area (Å²) in [5.41, 5.74) is 0. The Morgan fingerprint density at radius 3 is 2.78 bits per heavy atom. The number of amides is 1. The van der Waals surface area contributed by atoms with E-state index in [0.29, 0.717) is 19.3 Å². The molecule has 0 aromatic heterocycles. The Bertz CT molecular complexity index is 274. The zero-order valence-electron chi connectivity index (χ0n) is 11.0. The molecule has 2 unspecified atom stereocenters. The van der Waals surface area contributed by atoms with Gasteiger partial charge in [-0.1, -0.05) is 13.3 Å². The second-order valence-corrected chi connectivity index (χ2v) is 4.77. The van der Waals surface area contributed by atoms with Crippen molar-refractivity contribution in [1.29, 1.82) is 0 Å². The van der Waals surface area contributed by atoms with E-state index in [-0.39, 0.29) is 12.0 Å². The molecule has 0 aromatic carbocycles. The lowest BCUT2D eigenvalue weighted by molar-refractivity contribution is -0.142. The lowest BCUT2D eigenvalue weighted by Crippen LogP contribution is -2.40. The Morgan fingerprint density at radius 2 is 2.22 bits per heavy atom. The fraction of sp³-hybridized carbons (Fsp3) is 0.846. The first-order valence-electron chi connectivity index (χ1n) is 6.77. The lowest BCUT2D eigenvalue weighted by Gasteiger charge is -2.22. The van der Waals surface area contributed by atoms with Crippen molar-refractivity contribution in [2.45, 2.75) is 64.0 Å². The maximum Gasteiger partial charge on any atom is 0.326 e. The van der Waals surface area contributed by atoms with Gasteiger partial charge in [0.15, 0.2) is 0 Å². The van der Waals surface area contributed by atoms with Gasteiger partial charge in [-0.15, -0.1) is 0 Å². The first-order valence-corrected chi connectivity index (χ1v) is 6.77. The topological polar surface area (TPSA) is 75.6 Å². The molecule has 0 spiro atoms. The minimum absolute atomic E-state index is 0.166. The van der Waals surface area contributed by atoms with Crippen molar-refractivity contribution < 1.29 is 19.4 Å². The van der Waals surface area contributed by atoms with Gasteiger partial charge in [0, 0.05) is 13.0 Å². The van der Waals surface area contributed by atoms with Gasteiger partial charge < -0.3 is 15.2 Å². The zero-order chi connectivity index (χ0) is 13.4. The third-order valence-electron chi connectivity index (χ3n) is 3.18. The van der Waals surface area contributed by atoms with Crippen molar-refractivity contribution in [2.75, 3.05) is 6.61 Å². The molecular formula is C13H23NO4. The molecule has 0 bridgehead atoms. The van der Waals surface area contributed by atoms with Gasteiger partial charge in [0.25, 0.3) is 0 Å². The maximum absolute atomic E-state index is 11.6. The van der Waals surface area contributed by atoms with Crippen LogP contribution in [0.15, 0.2) is 0 Å². The summed E-state index contributed by atoms with van der Waals surface area (Å²) in [6, 6.07) is -0.755. The monoisotopic (exact) mass is 257 g/mol. The van der Waals surface area contributed by atoms with Gasteiger partial charge >= 0.3 is 5.97 Å². The van der Waals surface area contributed by atoms with Crippen molar-refractivity contribution in [3.8, 4) is 0 Å². The minimum Gasteiger partial charge on any atom is -0.480 e. The quantitative estimate of drug-likeness (QED) is 0.728. The molecule has 2 atom stereocenters. The molecule has 5 nitrogen and oxygen atoms in total. The molecule has 1 aliphatic heterocycles. The number of carbonyl (C=O) groups is 2. The second kappa shape index (κ2) is 8.08. The summed E-state index contributed by atoms with van der Waals surface area (Å²) < 4.78 is 5.53. The molecule has 0 radical (unpaired) electrons. The minimum atomic E-state index is -0.959. The smallest absolute Gasteiger partial charge is 0.326 e. The van der Waals surface area contributed by atoms with E-state index in [1.54, 1.807) is 0 Å². The zero-order valence-corrected chi connectivity index (χ0v) is 11.0. The van der Waals surface area contributed by atoms with Crippen LogP contribution in [0.2, 0.25) is 0 Å². The molecule has 5 heteroatoms. The van der Waals surface area contributed by atoms with Crippen LogP contribution in [0.25, 0.3) is 0 Å². The normalized spacial score (nSPS) is 21.3. The van der Waals surface area contributed by atoms with Crippen LogP contribution >= 0.6 is 0 Å². The fourth-order valence-electron chi connectivity index (χ4n) is 2.14. The third-order valence-corrected chi connectivity index (χ3v) is 3.18. The summed E-state index contributed by atoms with van der Waals surface area (Å²) in [6.45, 7) is 2.68. The third kappa shape index (κ3) is 5.49. The number of ether oxygens (including phenoxy) is 1. The number of carbonyl (C=O) groups excluding carboxylic acids is 1. The maximum atomic E-state index is 11.6. The highest BCUT2D eigenvalue weighted by molar-refractivity contribution is 5.83. The molecular weight excluding hydrogens is 234 g/mol. The van der Waals surface area contributed by atoms with E-state index in [1.165, 1.54) is 0 Å². The van der Waals surface area contributed by atoms with Gasteiger partial charge in [-0.05, 0) is 32.1 Å². The molecule has 1 amide bonds. The highest BCUT2D eigenvalue weighted by Crippen LogP contribution is 2.16. The number of hydrogen-bond acceptors (Lipinski definition) is 3. The fourth-order valence-corrected chi connectivity index (χ4v) is 2.14. The van der Waals surface area contributed by atoms with E-state index in [9.17, 15) is 9.59 Å². The van der Waals surface area contributed by atoms with E-state index in [4.69, 9.17) is 9.84 Å². The van der Waals surface area contributed by atoms with Gasteiger partial charge in [0.1, 0.15) is 6.04 Å². The van der Waals surface area contributed by atoms with Gasteiger partial charge in [0.05, 0.1) is 6.10 Å². The van der Waals surface area contributed by atoms with Crippen LogP contribution in [0.3, 0.4) is 0 Å². The SMILES string of the molecule is CCCC(NC(=O)CCC1CCCCO1)C(=O)O. The van der Waals surface area contributed by atoms with E-state index in [2.05, 4.69) is 5.32 Å². The number of carboxylic acid groups (broad SMARTS) is 1. The molecule has 2 N–H and O–H groups in total. The lowest BCUT2D eigenvalue weighted by atomic mass is 10.0. The summed E-state index contributed by atoms with van der Waals surface area (Å²) in [5.74, 6) is -1.15. The predicted octanol–water partition coefficient (Wildman–Crippen LogP) is 1.71. The summed E-state index contributed by atoms with van der Waals surface area (Å²) in [6.07, 6.45) is 5.66. The molecule has 1 rings (SSSR count). The Morgan fingerprint density at radius 1 is 1.44 bits per heavy atom. The summed E-state index contributed by atoms with van der Waals surface area (Å²) >= 11 is 0. The second-order valence-electron chi connectivity index (χ2n) is 4.77. The Kier molecular flexibility index (Phi) is 6.72. The molecule has 1 aliphatic rings. The Hall–Kier alpha value is -1.10. The molecule has 0 saturated carbocycles. The average molecular weight is 257 g/mol. The van der Waals surface area contributed by atoms with E-state index in [0.717, 1.165) is 32.3 Å². The molecule has 1 heterocycles. The predicted molar refractivity (Wildman–Crippen MR) is 67.3 cm³/mol. The van der Waals surface area contributed by atoms with Crippen LogP contribution in [0.4, 0.5) is 0 Å². The number of nitrogens with one attached hydrogen (secondary N) is 1. The largest absolute Gasteiger partial charge is 0.480 e. The van der Waals surface area contributed by atoms with Gasteiger partial charge in [-0.2, -0.15) is 0 Å². The molecule has 1 saturated heterocycles. The molecule has 1 fully saturated rings. The number of aliphatic carboxylic acids is 1. The molecule has 104 valence electrons. The van der Waals surface area contributed by atoms with Gasteiger partial charge in [0.2, 0.25) is 5.91 Å². The molecule has 18 heavy (non-hydrogen) atoms. The number of rotatable bonds is 7. The first-order chi connectivity index (χ1) is 8.63. The summed E-state index contributed by atoms with van der Waals surface area (Å²) in [7, 11) is 0. The van der Waals surface area contributed by atoms with Gasteiger partial charge in [-0.3, -0.25) is 4.79 Å². The van der Waals surface area contributed by atoms with Crippen molar-refractivity contribution in [3.63, 3.8) is 0 Å². The number of hydrogen-bond donors (Lipinski definition) is 2. The van der Waals surface area contributed by atoms with Crippen LogP contribution in [0.5, 0.6) is 0 Å². The van der Waals surface area contributed by atoms with Crippen LogP contribution in [0, 0.1) is 0 Å². The van der Waals surface area contributed by atoms with Crippen LogP contribution in [0.1, 0.15) is 51.9 Å².